The van der Waals surface area contributed by atoms with Crippen LogP contribution in [-0.4, -0.2) is 25.3 Å². The molecule has 0 spiro atoms. The highest BCUT2D eigenvalue weighted by atomic mass is 35.6. The van der Waals surface area contributed by atoms with Gasteiger partial charge >= 0.3 is 14.1 Å². The second-order valence-corrected chi connectivity index (χ2v) is 6.93. The molecule has 0 heterocycles. The van der Waals surface area contributed by atoms with E-state index in [1.807, 2.05) is 13.8 Å². The summed E-state index contributed by atoms with van der Waals surface area (Å²) in [5, 5.41) is 8.17. The molecular weight excluding hydrogens is 373 g/mol. The molecule has 0 aromatic carbocycles. The fraction of sp³-hybridized carbons (Fsp3) is 0.875. The minimum atomic E-state index is -2.24. The first-order chi connectivity index (χ1) is 7.99. The second kappa shape index (κ2) is 9.81. The van der Waals surface area contributed by atoms with E-state index in [1.165, 1.54) is 0 Å². The van der Waals surface area contributed by atoms with Crippen molar-refractivity contribution in [1.29, 1.82) is 0 Å². The van der Waals surface area contributed by atoms with Gasteiger partial charge in [-0.15, -0.1) is 0 Å². The van der Waals surface area contributed by atoms with Crippen molar-refractivity contribution in [2.75, 3.05) is 0 Å². The Morgan fingerprint density at radius 3 is 1.33 bits per heavy atom. The summed E-state index contributed by atoms with van der Waals surface area (Å²) in [4.78, 5) is 10.5. The third-order valence-corrected chi connectivity index (χ3v) is 1.41. The first kappa shape index (κ1) is 21.3. The quantitative estimate of drug-likeness (QED) is 0.473. The molecule has 0 radical (unpaired) electrons. The van der Waals surface area contributed by atoms with Gasteiger partial charge < -0.3 is 14.6 Å². The van der Waals surface area contributed by atoms with Crippen molar-refractivity contribution >= 4 is 75.8 Å². The number of hydrogen-bond acceptors (Lipinski definition) is 4. The Bertz CT molecular complexity index is 215. The molecule has 0 aromatic heterocycles. The van der Waals surface area contributed by atoms with Gasteiger partial charge in [0.2, 0.25) is 0 Å². The molecule has 110 valence electrons. The molecule has 1 fully saturated rings. The summed E-state index contributed by atoms with van der Waals surface area (Å²) in [6, 6.07) is 0. The van der Waals surface area contributed by atoms with Gasteiger partial charge in [0, 0.05) is 0 Å². The monoisotopic (exact) mass is 382 g/mol. The Hall–Kier alpha value is 0.970. The van der Waals surface area contributed by atoms with E-state index in [2.05, 4.69) is 9.47 Å². The Morgan fingerprint density at radius 1 is 1.00 bits per heavy atom. The van der Waals surface area contributed by atoms with Crippen molar-refractivity contribution in [3.05, 3.63) is 0 Å². The summed E-state index contributed by atoms with van der Waals surface area (Å²) < 4.78 is 3.50. The first-order valence-corrected chi connectivity index (χ1v) is 7.00. The zero-order chi connectivity index (χ0) is 15.0. The molecule has 0 aromatic rings. The van der Waals surface area contributed by atoms with E-state index in [-0.39, 0.29) is 6.10 Å². The second-order valence-electron chi connectivity index (χ2n) is 2.58. The molecule has 0 atom stereocenters. The van der Waals surface area contributed by atoms with Gasteiger partial charge in [-0.25, -0.2) is 4.79 Å². The van der Waals surface area contributed by atoms with Crippen molar-refractivity contribution in [3.8, 4) is 0 Å². The zero-order valence-corrected chi connectivity index (χ0v) is 14.0. The van der Waals surface area contributed by atoms with Crippen molar-refractivity contribution in [1.82, 2.24) is 0 Å². The van der Waals surface area contributed by atoms with Crippen molar-refractivity contribution in [2.24, 2.45) is 0 Å². The average molecular weight is 385 g/mol. The number of carbonyl (C=O) groups excluding carboxylic acids is 1. The number of halogens is 6. The lowest BCUT2D eigenvalue weighted by Gasteiger charge is -2.15. The first-order valence-electron chi connectivity index (χ1n) is 4.73. The van der Waals surface area contributed by atoms with Crippen LogP contribution in [0.3, 0.4) is 0 Å². The van der Waals surface area contributed by atoms with Gasteiger partial charge in [0.05, 0.1) is 6.10 Å². The lowest BCUT2D eigenvalue weighted by Crippen LogP contribution is -2.22. The van der Waals surface area contributed by atoms with E-state index in [0.29, 0.717) is 0 Å². The van der Waals surface area contributed by atoms with Crippen LogP contribution in [0.25, 0.3) is 0 Å². The predicted molar refractivity (Wildman–Crippen MR) is 74.7 cm³/mol. The highest BCUT2D eigenvalue weighted by Gasteiger charge is 2.32. The number of rotatable bonds is 0. The van der Waals surface area contributed by atoms with Gasteiger partial charge in [0.1, 0.15) is 0 Å². The number of aliphatic hydroxyl groups is 1. The maximum absolute atomic E-state index is 10.5. The van der Waals surface area contributed by atoms with E-state index in [0.717, 1.165) is 12.8 Å². The maximum atomic E-state index is 10.5. The molecule has 0 amide bonds. The fourth-order valence-corrected chi connectivity index (χ4v) is 0.662. The van der Waals surface area contributed by atoms with Crippen LogP contribution in [0, 0.1) is 0 Å². The van der Waals surface area contributed by atoms with Gasteiger partial charge in [-0.1, -0.05) is 13.8 Å². The van der Waals surface area contributed by atoms with E-state index < -0.39 is 14.1 Å². The molecule has 1 N–H and O–H groups in total. The smallest absolute Gasteiger partial charge is 0.393 e. The van der Waals surface area contributed by atoms with Crippen LogP contribution in [0.15, 0.2) is 0 Å². The standard InChI is InChI=1S/C3Cl6O3.C3H6O.C2H6/c4-2(5,6)11-1(10)12-3(7,8)9;4-3-1-2-3;1-2/h;3-4H,1-2H2;1-2H3. The van der Waals surface area contributed by atoms with Gasteiger partial charge in [0.15, 0.2) is 0 Å². The van der Waals surface area contributed by atoms with Crippen molar-refractivity contribution in [3.63, 3.8) is 0 Å². The third kappa shape index (κ3) is 22.2. The molecule has 1 aliphatic carbocycles. The Labute approximate surface area is 135 Å². The summed E-state index contributed by atoms with van der Waals surface area (Å²) >= 11 is 30.2. The van der Waals surface area contributed by atoms with Crippen LogP contribution in [-0.2, 0) is 9.47 Å². The number of hydrogen-bond donors (Lipinski definition) is 1. The van der Waals surface area contributed by atoms with Crippen LogP contribution in [0.4, 0.5) is 4.79 Å². The van der Waals surface area contributed by atoms with Crippen LogP contribution < -0.4 is 0 Å². The molecule has 1 rings (SSSR count). The van der Waals surface area contributed by atoms with E-state index in [9.17, 15) is 4.79 Å². The lowest BCUT2D eigenvalue weighted by atomic mass is 10.9. The van der Waals surface area contributed by atoms with E-state index in [1.54, 1.807) is 0 Å². The summed E-state index contributed by atoms with van der Waals surface area (Å²) in [5.41, 5.74) is 0. The van der Waals surface area contributed by atoms with Crippen LogP contribution in [0.2, 0.25) is 0 Å². The fourth-order valence-electron chi connectivity index (χ4n) is 0.284. The Morgan fingerprint density at radius 2 is 1.22 bits per heavy atom. The molecule has 18 heavy (non-hydrogen) atoms. The summed E-state index contributed by atoms with van der Waals surface area (Å²) in [6.45, 7) is 4.00. The number of alkyl halides is 6. The molecule has 4 nitrogen and oxygen atoms in total. The van der Waals surface area contributed by atoms with Crippen LogP contribution in [0.5, 0.6) is 0 Å². The minimum absolute atomic E-state index is 0.0833. The molecular formula is C8H12Cl6O4. The molecule has 0 aliphatic heterocycles. The van der Waals surface area contributed by atoms with Gasteiger partial charge in [-0.05, 0) is 82.4 Å². The summed E-state index contributed by atoms with van der Waals surface area (Å²) in [5.74, 6) is 0. The number of aliphatic hydroxyl groups excluding tert-OH is 1. The highest BCUT2D eigenvalue weighted by Crippen LogP contribution is 2.32. The minimum Gasteiger partial charge on any atom is -0.393 e. The normalized spacial score (nSPS) is 14.5. The van der Waals surface area contributed by atoms with Crippen LogP contribution in [0.1, 0.15) is 26.7 Å². The SMILES string of the molecule is CC.O=C(OC(Cl)(Cl)Cl)OC(Cl)(Cl)Cl.OC1CC1. The van der Waals surface area contributed by atoms with E-state index in [4.69, 9.17) is 74.7 Å². The van der Waals surface area contributed by atoms with Gasteiger partial charge in [-0.3, -0.25) is 0 Å². The van der Waals surface area contributed by atoms with Crippen molar-refractivity contribution < 1.29 is 19.4 Å². The highest BCUT2D eigenvalue weighted by molar-refractivity contribution is 6.67. The lowest BCUT2D eigenvalue weighted by molar-refractivity contribution is 0.0508. The predicted octanol–water partition coefficient (Wildman–Crippen LogP) is 4.96. The summed E-state index contributed by atoms with van der Waals surface area (Å²) in [6.07, 6.45) is 0.759. The zero-order valence-electron chi connectivity index (χ0n) is 9.43. The number of ether oxygens (including phenoxy) is 2. The Kier molecular flexibility index (Phi) is 11.6. The topological polar surface area (TPSA) is 55.8 Å². The summed E-state index contributed by atoms with van der Waals surface area (Å²) in [7, 11) is 0. The molecule has 0 unspecified atom stereocenters. The van der Waals surface area contributed by atoms with Crippen LogP contribution >= 0.6 is 69.6 Å². The number of carbonyl (C=O) groups is 1. The molecule has 1 aliphatic rings. The average Bonchev–Trinajstić information content (AvgIpc) is 2.85. The Balaban J connectivity index is 0. The third-order valence-electron chi connectivity index (χ3n) is 0.945. The van der Waals surface area contributed by atoms with Crippen molar-refractivity contribution in [2.45, 2.75) is 40.8 Å². The molecule has 10 heteroatoms. The maximum Gasteiger partial charge on any atom is 0.515 e. The van der Waals surface area contributed by atoms with Gasteiger partial charge in [0.25, 0.3) is 0 Å². The molecule has 1 saturated carbocycles. The molecule has 0 bridgehead atoms. The molecule has 0 saturated heterocycles. The van der Waals surface area contributed by atoms with Gasteiger partial charge in [-0.2, -0.15) is 0 Å². The van der Waals surface area contributed by atoms with E-state index >= 15 is 0 Å². The largest absolute Gasteiger partial charge is 0.515 e.